The molecule has 1 aromatic rings. The largest absolute Gasteiger partial charge is 0.497 e. The smallest absolute Gasteiger partial charge is 0.304 e. The molecule has 1 heterocycles. The number of ether oxygens (including phenoxy) is 2. The van der Waals surface area contributed by atoms with Crippen LogP contribution in [0.25, 0.3) is 0 Å². The number of halogens is 1. The van der Waals surface area contributed by atoms with Crippen LogP contribution in [0.15, 0.2) is 18.2 Å². The van der Waals surface area contributed by atoms with E-state index in [1.54, 1.807) is 14.2 Å². The summed E-state index contributed by atoms with van der Waals surface area (Å²) in [5, 5.41) is 8.74. The highest BCUT2D eigenvalue weighted by Gasteiger charge is 2.18. The third-order valence-electron chi connectivity index (χ3n) is 3.99. The molecule has 130 valence electrons. The first-order valence-corrected chi connectivity index (χ1v) is 7.49. The Balaban J connectivity index is 0.00000264. The minimum atomic E-state index is -0.733. The van der Waals surface area contributed by atoms with Gasteiger partial charge in [-0.2, -0.15) is 0 Å². The van der Waals surface area contributed by atoms with E-state index < -0.39 is 5.97 Å². The van der Waals surface area contributed by atoms with Gasteiger partial charge in [-0.15, -0.1) is 12.4 Å². The molecule has 0 radical (unpaired) electrons. The van der Waals surface area contributed by atoms with E-state index in [4.69, 9.17) is 14.6 Å². The van der Waals surface area contributed by atoms with Gasteiger partial charge in [0.25, 0.3) is 0 Å². The highest BCUT2D eigenvalue weighted by Crippen LogP contribution is 2.25. The number of methoxy groups -OCH3 is 2. The molecule has 2 rings (SSSR count). The van der Waals surface area contributed by atoms with E-state index in [2.05, 4.69) is 9.80 Å². The van der Waals surface area contributed by atoms with Gasteiger partial charge in [0.2, 0.25) is 0 Å². The van der Waals surface area contributed by atoms with Crippen LogP contribution >= 0.6 is 12.4 Å². The monoisotopic (exact) mass is 344 g/mol. The van der Waals surface area contributed by atoms with Crippen molar-refractivity contribution in [3.8, 4) is 11.5 Å². The second kappa shape index (κ2) is 9.60. The molecule has 23 heavy (non-hydrogen) atoms. The Morgan fingerprint density at radius 1 is 1.13 bits per heavy atom. The van der Waals surface area contributed by atoms with Crippen LogP contribution in [0.4, 0.5) is 0 Å². The van der Waals surface area contributed by atoms with Gasteiger partial charge >= 0.3 is 5.97 Å². The van der Waals surface area contributed by atoms with Gasteiger partial charge < -0.3 is 19.5 Å². The van der Waals surface area contributed by atoms with Crippen LogP contribution in [-0.2, 0) is 11.3 Å². The number of benzene rings is 1. The lowest BCUT2D eigenvalue weighted by molar-refractivity contribution is -0.137. The van der Waals surface area contributed by atoms with Gasteiger partial charge in [-0.05, 0) is 18.2 Å². The predicted octanol–water partition coefficient (Wildman–Crippen LogP) is 1.72. The van der Waals surface area contributed by atoms with Crippen LogP contribution in [0, 0.1) is 0 Å². The van der Waals surface area contributed by atoms with Gasteiger partial charge in [-0.3, -0.25) is 9.69 Å². The molecule has 7 heteroatoms. The minimum absolute atomic E-state index is 0. The summed E-state index contributed by atoms with van der Waals surface area (Å²) in [7, 11) is 3.34. The molecule has 6 nitrogen and oxygen atoms in total. The van der Waals surface area contributed by atoms with E-state index in [9.17, 15) is 4.79 Å². The van der Waals surface area contributed by atoms with Crippen LogP contribution in [-0.4, -0.2) is 67.8 Å². The molecular weight excluding hydrogens is 320 g/mol. The molecule has 1 N–H and O–H groups in total. The highest BCUT2D eigenvalue weighted by molar-refractivity contribution is 5.85. The van der Waals surface area contributed by atoms with E-state index in [1.165, 1.54) is 0 Å². The first-order chi connectivity index (χ1) is 10.6. The van der Waals surface area contributed by atoms with Gasteiger partial charge in [0.1, 0.15) is 11.5 Å². The Morgan fingerprint density at radius 3 is 2.35 bits per heavy atom. The zero-order valence-corrected chi connectivity index (χ0v) is 14.5. The first-order valence-electron chi connectivity index (χ1n) is 7.49. The molecule has 0 atom stereocenters. The van der Waals surface area contributed by atoms with E-state index in [-0.39, 0.29) is 18.8 Å². The summed E-state index contributed by atoms with van der Waals surface area (Å²) in [5.41, 5.74) is 1.11. The number of carboxylic acids is 1. The summed E-state index contributed by atoms with van der Waals surface area (Å²) in [6.07, 6.45) is 0.212. The van der Waals surface area contributed by atoms with Crippen molar-refractivity contribution < 1.29 is 19.4 Å². The Labute approximate surface area is 143 Å². The van der Waals surface area contributed by atoms with Crippen molar-refractivity contribution in [3.05, 3.63) is 23.8 Å². The Hall–Kier alpha value is -1.50. The number of aliphatic carboxylic acids is 1. The lowest BCUT2D eigenvalue weighted by Gasteiger charge is -2.34. The molecule has 0 unspecified atom stereocenters. The van der Waals surface area contributed by atoms with Crippen molar-refractivity contribution in [2.45, 2.75) is 13.0 Å². The number of carboxylic acid groups (broad SMARTS) is 1. The van der Waals surface area contributed by atoms with Gasteiger partial charge in [0.15, 0.2) is 0 Å². The molecule has 0 saturated carbocycles. The Morgan fingerprint density at radius 2 is 1.78 bits per heavy atom. The molecular formula is C16H25ClN2O4. The number of rotatable bonds is 7. The zero-order valence-electron chi connectivity index (χ0n) is 13.7. The topological polar surface area (TPSA) is 62.2 Å². The molecule has 1 aliphatic heterocycles. The predicted molar refractivity (Wildman–Crippen MR) is 90.8 cm³/mol. The minimum Gasteiger partial charge on any atom is -0.497 e. The number of piperazine rings is 1. The molecule has 1 aromatic carbocycles. The Kier molecular flexibility index (Phi) is 8.16. The quantitative estimate of drug-likeness (QED) is 0.812. The van der Waals surface area contributed by atoms with Crippen LogP contribution in [0.1, 0.15) is 12.0 Å². The van der Waals surface area contributed by atoms with Gasteiger partial charge in [0, 0.05) is 44.8 Å². The number of nitrogens with zero attached hydrogens (tertiary/aromatic N) is 2. The third kappa shape index (κ3) is 5.89. The van der Waals surface area contributed by atoms with Crippen molar-refractivity contribution in [1.29, 1.82) is 0 Å². The van der Waals surface area contributed by atoms with E-state index in [0.717, 1.165) is 49.8 Å². The summed E-state index contributed by atoms with van der Waals surface area (Å²) in [6, 6.07) is 5.83. The van der Waals surface area contributed by atoms with Gasteiger partial charge in [-0.1, -0.05) is 0 Å². The fraction of sp³-hybridized carbons (Fsp3) is 0.562. The highest BCUT2D eigenvalue weighted by atomic mass is 35.5. The lowest BCUT2D eigenvalue weighted by atomic mass is 10.1. The normalized spacial score (nSPS) is 15.7. The van der Waals surface area contributed by atoms with Crippen molar-refractivity contribution in [2.75, 3.05) is 46.9 Å². The number of hydrogen-bond acceptors (Lipinski definition) is 5. The average molecular weight is 345 g/mol. The summed E-state index contributed by atoms with van der Waals surface area (Å²) >= 11 is 0. The van der Waals surface area contributed by atoms with Crippen molar-refractivity contribution >= 4 is 18.4 Å². The molecule has 0 aromatic heterocycles. The maximum Gasteiger partial charge on any atom is 0.304 e. The summed E-state index contributed by atoms with van der Waals surface area (Å²) in [6.45, 7) is 5.11. The molecule has 1 fully saturated rings. The fourth-order valence-corrected chi connectivity index (χ4v) is 2.67. The number of carbonyl (C=O) groups is 1. The van der Waals surface area contributed by atoms with Crippen molar-refractivity contribution in [1.82, 2.24) is 9.80 Å². The van der Waals surface area contributed by atoms with Crippen molar-refractivity contribution in [2.24, 2.45) is 0 Å². The summed E-state index contributed by atoms with van der Waals surface area (Å²) < 4.78 is 10.7. The molecule has 0 bridgehead atoms. The van der Waals surface area contributed by atoms with Gasteiger partial charge in [-0.25, -0.2) is 0 Å². The molecule has 1 aliphatic rings. The van der Waals surface area contributed by atoms with E-state index in [1.807, 2.05) is 18.2 Å². The maximum atomic E-state index is 10.6. The van der Waals surface area contributed by atoms with Crippen LogP contribution in [0.2, 0.25) is 0 Å². The molecule has 1 saturated heterocycles. The Bertz CT molecular complexity index is 505. The second-order valence-corrected chi connectivity index (χ2v) is 5.44. The van der Waals surface area contributed by atoms with Gasteiger partial charge in [0.05, 0.1) is 20.6 Å². The molecule has 0 aliphatic carbocycles. The molecule has 0 amide bonds. The fourth-order valence-electron chi connectivity index (χ4n) is 2.67. The summed E-state index contributed by atoms with van der Waals surface area (Å²) in [5.74, 6) is 0.966. The third-order valence-corrected chi connectivity index (χ3v) is 3.99. The van der Waals surface area contributed by atoms with Crippen LogP contribution < -0.4 is 9.47 Å². The van der Waals surface area contributed by atoms with E-state index in [0.29, 0.717) is 6.54 Å². The first kappa shape index (κ1) is 19.5. The number of hydrogen-bond donors (Lipinski definition) is 1. The maximum absolute atomic E-state index is 10.6. The average Bonchev–Trinajstić information content (AvgIpc) is 2.54. The van der Waals surface area contributed by atoms with E-state index >= 15 is 0 Å². The second-order valence-electron chi connectivity index (χ2n) is 5.44. The lowest BCUT2D eigenvalue weighted by Crippen LogP contribution is -2.46. The standard InChI is InChI=1S/C16H24N2O4.ClH/c1-21-14-3-4-15(22-2)13(11-14)12-18-9-7-17(8-10-18)6-5-16(19)20;/h3-4,11H,5-10,12H2,1-2H3,(H,19,20);1H. The van der Waals surface area contributed by atoms with Crippen LogP contribution in [0.3, 0.4) is 0 Å². The molecule has 0 spiro atoms. The SMILES string of the molecule is COc1ccc(OC)c(CN2CCN(CCC(=O)O)CC2)c1.Cl. The van der Waals surface area contributed by atoms with Crippen LogP contribution in [0.5, 0.6) is 11.5 Å². The summed E-state index contributed by atoms with van der Waals surface area (Å²) in [4.78, 5) is 15.2. The zero-order chi connectivity index (χ0) is 15.9. The van der Waals surface area contributed by atoms with Crippen molar-refractivity contribution in [3.63, 3.8) is 0 Å².